The molecule has 0 radical (unpaired) electrons. The maximum Gasteiger partial charge on any atom is 0.324 e. The molecule has 0 saturated heterocycles. The third-order valence-corrected chi connectivity index (χ3v) is 5.61. The molecular formula is C27H22N4O2. The minimum absolute atomic E-state index is 0.192. The van der Waals surface area contributed by atoms with Crippen LogP contribution in [0.2, 0.25) is 0 Å². The van der Waals surface area contributed by atoms with Crippen molar-refractivity contribution in [3.8, 4) is 11.3 Å². The first-order valence-corrected chi connectivity index (χ1v) is 10.8. The number of pyridine rings is 2. The fourth-order valence-corrected chi connectivity index (χ4v) is 3.98. The molecule has 0 aliphatic carbocycles. The summed E-state index contributed by atoms with van der Waals surface area (Å²) >= 11 is 0. The minimum Gasteiger partial charge on any atom is -0.347 e. The van der Waals surface area contributed by atoms with Crippen molar-refractivity contribution in [2.45, 2.75) is 13.5 Å². The molecule has 0 spiro atoms. The highest BCUT2D eigenvalue weighted by molar-refractivity contribution is 6.05. The molecule has 0 unspecified atom stereocenters. The molecule has 2 N–H and O–H groups in total. The Kier molecular flexibility index (Phi) is 5.32. The van der Waals surface area contributed by atoms with Gasteiger partial charge >= 0.3 is 6.03 Å². The Morgan fingerprint density at radius 3 is 2.42 bits per heavy atom. The van der Waals surface area contributed by atoms with Gasteiger partial charge in [0.05, 0.1) is 16.6 Å². The molecule has 0 aliphatic rings. The van der Waals surface area contributed by atoms with Crippen LogP contribution in [-0.2, 0) is 6.54 Å². The summed E-state index contributed by atoms with van der Waals surface area (Å²) in [5.74, 6) is 0.234. The van der Waals surface area contributed by atoms with E-state index < -0.39 is 6.03 Å². The average molecular weight is 434 g/mol. The van der Waals surface area contributed by atoms with Crippen molar-refractivity contribution in [3.05, 3.63) is 101 Å². The van der Waals surface area contributed by atoms with Gasteiger partial charge in [0.25, 0.3) is 0 Å². The second-order valence-corrected chi connectivity index (χ2v) is 7.72. The summed E-state index contributed by atoms with van der Waals surface area (Å²) in [4.78, 5) is 30.3. The lowest BCUT2D eigenvalue weighted by Crippen LogP contribution is -2.22. The van der Waals surface area contributed by atoms with Gasteiger partial charge in [-0.2, -0.15) is 0 Å². The number of anilines is 2. The minimum atomic E-state index is -0.462. The standard InChI is InChI=1S/C27H22N4O2/c1-2-31-15-14-24(32)25-23(31)17-22(19-9-4-3-5-10-19)29-26(25)30-27(33)28-21-13-12-18-8-6-7-11-20(18)16-21/h3-17H,2H2,1H3,(H2,28,29,30,33). The topological polar surface area (TPSA) is 76.0 Å². The lowest BCUT2D eigenvalue weighted by atomic mass is 10.1. The molecule has 5 aromatic rings. The normalized spacial score (nSPS) is 10.9. The van der Waals surface area contributed by atoms with Crippen LogP contribution in [-0.4, -0.2) is 15.6 Å². The van der Waals surface area contributed by atoms with Crippen molar-refractivity contribution in [3.63, 3.8) is 0 Å². The second-order valence-electron chi connectivity index (χ2n) is 7.72. The molecule has 0 bridgehead atoms. The number of benzene rings is 3. The lowest BCUT2D eigenvalue weighted by molar-refractivity contribution is 0.262. The summed E-state index contributed by atoms with van der Waals surface area (Å²) in [6.45, 7) is 2.68. The molecule has 33 heavy (non-hydrogen) atoms. The number of amides is 2. The summed E-state index contributed by atoms with van der Waals surface area (Å²) < 4.78 is 1.97. The van der Waals surface area contributed by atoms with E-state index in [9.17, 15) is 9.59 Å². The van der Waals surface area contributed by atoms with E-state index in [-0.39, 0.29) is 11.2 Å². The van der Waals surface area contributed by atoms with Crippen LogP contribution in [0.1, 0.15) is 6.92 Å². The Morgan fingerprint density at radius 2 is 1.64 bits per heavy atom. The van der Waals surface area contributed by atoms with E-state index in [0.717, 1.165) is 21.9 Å². The van der Waals surface area contributed by atoms with Gasteiger partial charge in [-0.1, -0.05) is 60.7 Å². The highest BCUT2D eigenvalue weighted by Gasteiger charge is 2.15. The van der Waals surface area contributed by atoms with E-state index >= 15 is 0 Å². The third-order valence-electron chi connectivity index (χ3n) is 5.61. The molecule has 5 rings (SSSR count). The van der Waals surface area contributed by atoms with Crippen LogP contribution in [0, 0.1) is 0 Å². The van der Waals surface area contributed by atoms with E-state index in [1.54, 1.807) is 6.20 Å². The van der Waals surface area contributed by atoms with Crippen LogP contribution in [0.5, 0.6) is 0 Å². The number of nitrogens with one attached hydrogen (secondary N) is 2. The number of hydrogen-bond donors (Lipinski definition) is 2. The molecule has 2 heterocycles. The number of aryl methyl sites for hydroxylation is 1. The van der Waals surface area contributed by atoms with Crippen molar-refractivity contribution < 1.29 is 4.79 Å². The quantitative estimate of drug-likeness (QED) is 0.371. The molecule has 0 aliphatic heterocycles. The predicted octanol–water partition coefficient (Wildman–Crippen LogP) is 5.88. The van der Waals surface area contributed by atoms with Crippen LogP contribution >= 0.6 is 0 Å². The fraction of sp³-hybridized carbons (Fsp3) is 0.0741. The summed E-state index contributed by atoms with van der Waals surface area (Å²) in [7, 11) is 0. The monoisotopic (exact) mass is 434 g/mol. The van der Waals surface area contributed by atoms with Gasteiger partial charge in [0, 0.05) is 30.1 Å². The average Bonchev–Trinajstić information content (AvgIpc) is 2.84. The number of carbonyl (C=O) groups excluding carboxylic acids is 1. The van der Waals surface area contributed by atoms with Gasteiger partial charge < -0.3 is 9.88 Å². The molecule has 3 aromatic carbocycles. The van der Waals surface area contributed by atoms with Gasteiger partial charge in [-0.3, -0.25) is 10.1 Å². The van der Waals surface area contributed by atoms with Gasteiger partial charge in [-0.15, -0.1) is 0 Å². The van der Waals surface area contributed by atoms with Crippen molar-refractivity contribution in [1.82, 2.24) is 9.55 Å². The first kappa shape index (κ1) is 20.5. The van der Waals surface area contributed by atoms with Crippen LogP contribution < -0.4 is 16.1 Å². The van der Waals surface area contributed by atoms with Gasteiger partial charge in [0.2, 0.25) is 0 Å². The zero-order valence-electron chi connectivity index (χ0n) is 18.1. The van der Waals surface area contributed by atoms with Gasteiger partial charge in [-0.25, -0.2) is 9.78 Å². The molecule has 6 nitrogen and oxygen atoms in total. The van der Waals surface area contributed by atoms with Crippen molar-refractivity contribution in [2.75, 3.05) is 10.6 Å². The van der Waals surface area contributed by atoms with Crippen molar-refractivity contribution >= 4 is 39.2 Å². The fourth-order valence-electron chi connectivity index (χ4n) is 3.98. The Hall–Kier alpha value is -4.45. The van der Waals surface area contributed by atoms with Crippen molar-refractivity contribution in [2.24, 2.45) is 0 Å². The molecule has 162 valence electrons. The first-order chi connectivity index (χ1) is 16.1. The lowest BCUT2D eigenvalue weighted by Gasteiger charge is -2.14. The van der Waals surface area contributed by atoms with E-state index in [0.29, 0.717) is 23.3 Å². The second kappa shape index (κ2) is 8.59. The van der Waals surface area contributed by atoms with E-state index in [2.05, 4.69) is 15.6 Å². The highest BCUT2D eigenvalue weighted by Crippen LogP contribution is 2.26. The number of rotatable bonds is 4. The third kappa shape index (κ3) is 4.06. The maximum absolute atomic E-state index is 12.9. The highest BCUT2D eigenvalue weighted by atomic mass is 16.2. The van der Waals surface area contributed by atoms with E-state index in [1.807, 2.05) is 90.4 Å². The SMILES string of the molecule is CCn1ccc(=O)c2c(NC(=O)Nc3ccc4ccccc4c3)nc(-c3ccccc3)cc21. The number of urea groups is 1. The Bertz CT molecular complexity index is 1540. The molecule has 2 aromatic heterocycles. The molecule has 0 fully saturated rings. The van der Waals surface area contributed by atoms with Gasteiger partial charge in [0.1, 0.15) is 5.82 Å². The molecule has 6 heteroatoms. The summed E-state index contributed by atoms with van der Waals surface area (Å²) in [5.41, 5.74) is 2.76. The zero-order valence-corrected chi connectivity index (χ0v) is 18.1. The molecule has 0 saturated carbocycles. The van der Waals surface area contributed by atoms with Crippen LogP contribution in [0.3, 0.4) is 0 Å². The first-order valence-electron chi connectivity index (χ1n) is 10.8. The summed E-state index contributed by atoms with van der Waals surface area (Å²) in [6, 6.07) is 26.3. The van der Waals surface area contributed by atoms with Gasteiger partial charge in [0.15, 0.2) is 5.43 Å². The Labute approximate surface area is 190 Å². The maximum atomic E-state index is 12.9. The van der Waals surface area contributed by atoms with Crippen LogP contribution in [0.25, 0.3) is 32.9 Å². The largest absolute Gasteiger partial charge is 0.347 e. The molecule has 2 amide bonds. The summed E-state index contributed by atoms with van der Waals surface area (Å²) in [6.07, 6.45) is 1.76. The van der Waals surface area contributed by atoms with Crippen molar-refractivity contribution in [1.29, 1.82) is 0 Å². The van der Waals surface area contributed by atoms with Crippen LogP contribution in [0.15, 0.2) is 95.9 Å². The van der Waals surface area contributed by atoms with Crippen LogP contribution in [0.4, 0.5) is 16.3 Å². The number of aromatic nitrogens is 2. The predicted molar refractivity (Wildman–Crippen MR) is 134 cm³/mol. The number of hydrogen-bond acceptors (Lipinski definition) is 3. The number of fused-ring (bicyclic) bond motifs is 2. The number of carbonyl (C=O) groups is 1. The Balaban J connectivity index is 1.55. The molecule has 0 atom stereocenters. The summed E-state index contributed by atoms with van der Waals surface area (Å²) in [5, 5.41) is 8.16. The van der Waals surface area contributed by atoms with Gasteiger partial charge in [-0.05, 0) is 35.9 Å². The number of nitrogens with zero attached hydrogens (tertiary/aromatic N) is 2. The zero-order chi connectivity index (χ0) is 22.8. The smallest absolute Gasteiger partial charge is 0.324 e. The molecular weight excluding hydrogens is 412 g/mol. The van der Waals surface area contributed by atoms with E-state index in [1.165, 1.54) is 6.07 Å². The van der Waals surface area contributed by atoms with E-state index in [4.69, 9.17) is 0 Å². The Morgan fingerprint density at radius 1 is 0.879 bits per heavy atom.